The number of benzene rings is 3. The van der Waals surface area contributed by atoms with Crippen molar-refractivity contribution >= 4 is 23.5 Å². The van der Waals surface area contributed by atoms with E-state index in [1.165, 1.54) is 49.6 Å². The van der Waals surface area contributed by atoms with Gasteiger partial charge < -0.3 is 14.2 Å². The number of nitrogens with zero attached hydrogens (tertiary/aromatic N) is 1. The lowest BCUT2D eigenvalue weighted by Crippen LogP contribution is -2.08. The predicted octanol–water partition coefficient (Wildman–Crippen LogP) is 4.44. The Morgan fingerprint density at radius 1 is 1.06 bits per heavy atom. The van der Waals surface area contributed by atoms with E-state index in [1.54, 1.807) is 18.2 Å². The predicted molar refractivity (Wildman–Crippen MR) is 110 cm³/mol. The van der Waals surface area contributed by atoms with E-state index < -0.39 is 10.9 Å². The molecular weight excluding hydrogens is 402 g/mol. The van der Waals surface area contributed by atoms with Gasteiger partial charge in [0, 0.05) is 23.8 Å². The van der Waals surface area contributed by atoms with Crippen molar-refractivity contribution in [3.8, 4) is 17.2 Å². The van der Waals surface area contributed by atoms with Gasteiger partial charge in [-0.15, -0.1) is 0 Å². The molecule has 1 aliphatic heterocycles. The molecule has 0 spiro atoms. The van der Waals surface area contributed by atoms with Crippen molar-refractivity contribution in [2.75, 3.05) is 7.11 Å². The van der Waals surface area contributed by atoms with E-state index in [4.69, 9.17) is 14.2 Å². The number of methoxy groups -OCH3 is 1. The second-order valence-corrected chi connectivity index (χ2v) is 6.53. The van der Waals surface area contributed by atoms with E-state index in [2.05, 4.69) is 0 Å². The van der Waals surface area contributed by atoms with Crippen LogP contribution in [0.2, 0.25) is 0 Å². The highest BCUT2D eigenvalue weighted by Gasteiger charge is 2.28. The van der Waals surface area contributed by atoms with Crippen molar-refractivity contribution in [1.82, 2.24) is 0 Å². The molecule has 1 heterocycles. The number of carbonyl (C=O) groups excluding carboxylic acids is 2. The molecule has 1 aliphatic rings. The van der Waals surface area contributed by atoms with Crippen LogP contribution in [0, 0.1) is 10.1 Å². The summed E-state index contributed by atoms with van der Waals surface area (Å²) in [5.41, 5.74) is 1.05. The summed E-state index contributed by atoms with van der Waals surface area (Å²) >= 11 is 0. The second-order valence-electron chi connectivity index (χ2n) is 6.53. The number of carbonyl (C=O) groups is 2. The summed E-state index contributed by atoms with van der Waals surface area (Å²) in [6.45, 7) is 0. The molecule has 0 N–H and O–H groups in total. The summed E-state index contributed by atoms with van der Waals surface area (Å²) in [5.74, 6) is 0.171. The van der Waals surface area contributed by atoms with Gasteiger partial charge in [-0.1, -0.05) is 18.2 Å². The molecule has 8 heteroatoms. The maximum atomic E-state index is 12.6. The SMILES string of the molecule is COc1ccccc1C=C1Oc2cc(OC(=O)c3ccc([N+](=O)[O-])cc3)ccc2C1=O. The van der Waals surface area contributed by atoms with Crippen LogP contribution in [0.15, 0.2) is 72.5 Å². The second kappa shape index (κ2) is 8.11. The van der Waals surface area contributed by atoms with Gasteiger partial charge in [0.05, 0.1) is 23.2 Å². The average Bonchev–Trinajstić information content (AvgIpc) is 3.08. The lowest BCUT2D eigenvalue weighted by atomic mass is 10.1. The van der Waals surface area contributed by atoms with Crippen molar-refractivity contribution in [1.29, 1.82) is 0 Å². The number of nitro groups is 1. The van der Waals surface area contributed by atoms with Crippen LogP contribution in [-0.4, -0.2) is 23.8 Å². The third kappa shape index (κ3) is 3.99. The quantitative estimate of drug-likeness (QED) is 0.199. The molecule has 0 radical (unpaired) electrons. The van der Waals surface area contributed by atoms with E-state index in [9.17, 15) is 19.7 Å². The third-order valence-corrected chi connectivity index (χ3v) is 4.59. The lowest BCUT2D eigenvalue weighted by molar-refractivity contribution is -0.384. The molecular formula is C23H15NO7. The number of rotatable bonds is 5. The molecule has 0 unspecified atom stereocenters. The molecule has 0 saturated heterocycles. The van der Waals surface area contributed by atoms with Crippen molar-refractivity contribution in [3.63, 3.8) is 0 Å². The highest BCUT2D eigenvalue weighted by molar-refractivity contribution is 6.14. The fourth-order valence-electron chi connectivity index (χ4n) is 3.04. The smallest absolute Gasteiger partial charge is 0.343 e. The van der Waals surface area contributed by atoms with Gasteiger partial charge in [-0.05, 0) is 36.4 Å². The summed E-state index contributed by atoms with van der Waals surface area (Å²) in [4.78, 5) is 35.1. The van der Waals surface area contributed by atoms with Crippen LogP contribution < -0.4 is 14.2 Å². The third-order valence-electron chi connectivity index (χ3n) is 4.59. The number of Topliss-reactive ketones (excluding diaryl/α,β-unsaturated/α-hetero) is 1. The van der Waals surface area contributed by atoms with E-state index in [-0.39, 0.29) is 34.3 Å². The largest absolute Gasteiger partial charge is 0.496 e. The van der Waals surface area contributed by atoms with E-state index in [0.717, 1.165) is 0 Å². The number of nitro benzene ring substituents is 1. The van der Waals surface area contributed by atoms with Crippen LogP contribution >= 0.6 is 0 Å². The van der Waals surface area contributed by atoms with Crippen LogP contribution in [0.1, 0.15) is 26.3 Å². The van der Waals surface area contributed by atoms with Crippen LogP contribution in [0.25, 0.3) is 6.08 Å². The zero-order valence-corrected chi connectivity index (χ0v) is 16.2. The Hall–Kier alpha value is -4.46. The van der Waals surface area contributed by atoms with Crippen LogP contribution in [0.5, 0.6) is 17.2 Å². The molecule has 4 rings (SSSR count). The Bertz CT molecular complexity index is 1230. The Morgan fingerprint density at radius 2 is 1.81 bits per heavy atom. The van der Waals surface area contributed by atoms with Crippen molar-refractivity contribution in [2.45, 2.75) is 0 Å². The van der Waals surface area contributed by atoms with Gasteiger partial charge >= 0.3 is 5.97 Å². The summed E-state index contributed by atoms with van der Waals surface area (Å²) in [6, 6.07) is 16.7. The minimum atomic E-state index is -0.691. The number of allylic oxidation sites excluding steroid dienone is 1. The van der Waals surface area contributed by atoms with Gasteiger partial charge in [0.25, 0.3) is 5.69 Å². The summed E-state index contributed by atoms with van der Waals surface area (Å²) in [7, 11) is 1.54. The Labute approximate surface area is 176 Å². The van der Waals surface area contributed by atoms with Crippen molar-refractivity contribution in [3.05, 3.63) is 99.3 Å². The Morgan fingerprint density at radius 3 is 2.52 bits per heavy atom. The summed E-state index contributed by atoms with van der Waals surface area (Å²) in [6.07, 6.45) is 1.59. The van der Waals surface area contributed by atoms with Crippen LogP contribution in [-0.2, 0) is 0 Å². The maximum Gasteiger partial charge on any atom is 0.343 e. The maximum absolute atomic E-state index is 12.6. The number of hydrogen-bond acceptors (Lipinski definition) is 7. The minimum absolute atomic E-state index is 0.123. The first-order valence-electron chi connectivity index (χ1n) is 9.14. The first-order valence-corrected chi connectivity index (χ1v) is 9.14. The summed E-state index contributed by atoms with van der Waals surface area (Å²) < 4.78 is 16.3. The molecule has 8 nitrogen and oxygen atoms in total. The van der Waals surface area contributed by atoms with Gasteiger partial charge in [0.2, 0.25) is 5.78 Å². The Kier molecular flexibility index (Phi) is 5.19. The van der Waals surface area contributed by atoms with Crippen molar-refractivity contribution < 1.29 is 28.7 Å². The first kappa shape index (κ1) is 19.8. The molecule has 0 bridgehead atoms. The van der Waals surface area contributed by atoms with Crippen LogP contribution in [0.3, 0.4) is 0 Å². The number of non-ortho nitro benzene ring substituents is 1. The molecule has 0 saturated carbocycles. The molecule has 3 aromatic carbocycles. The standard InChI is InChI=1S/C23H15NO7/c1-29-19-5-3-2-4-15(19)12-21-22(25)18-11-10-17(13-20(18)31-21)30-23(26)14-6-8-16(9-7-14)24(27)28/h2-13H,1H3. The molecule has 3 aromatic rings. The molecule has 0 atom stereocenters. The number of fused-ring (bicyclic) bond motifs is 1. The van der Waals surface area contributed by atoms with E-state index >= 15 is 0 Å². The number of hydrogen-bond donors (Lipinski definition) is 0. The molecule has 0 aromatic heterocycles. The van der Waals surface area contributed by atoms with Crippen LogP contribution in [0.4, 0.5) is 5.69 Å². The van der Waals surface area contributed by atoms with Gasteiger partial charge in [0.1, 0.15) is 17.2 Å². The lowest BCUT2D eigenvalue weighted by Gasteiger charge is -2.06. The number of esters is 1. The van der Waals surface area contributed by atoms with Gasteiger partial charge in [0.15, 0.2) is 5.76 Å². The fraction of sp³-hybridized carbons (Fsp3) is 0.0435. The number of ketones is 1. The normalized spacial score (nSPS) is 13.5. The molecule has 0 fully saturated rings. The highest BCUT2D eigenvalue weighted by Crippen LogP contribution is 2.36. The summed E-state index contributed by atoms with van der Waals surface area (Å²) in [5, 5.41) is 10.7. The minimum Gasteiger partial charge on any atom is -0.496 e. The van der Waals surface area contributed by atoms with Gasteiger partial charge in [-0.25, -0.2) is 4.79 Å². The Balaban J connectivity index is 1.54. The van der Waals surface area contributed by atoms with Gasteiger partial charge in [-0.3, -0.25) is 14.9 Å². The van der Waals surface area contributed by atoms with Crippen molar-refractivity contribution in [2.24, 2.45) is 0 Å². The molecule has 31 heavy (non-hydrogen) atoms. The number of ether oxygens (including phenoxy) is 3. The highest BCUT2D eigenvalue weighted by atomic mass is 16.6. The zero-order valence-electron chi connectivity index (χ0n) is 16.2. The van der Waals surface area contributed by atoms with Gasteiger partial charge in [-0.2, -0.15) is 0 Å². The van der Waals surface area contributed by atoms with E-state index in [0.29, 0.717) is 16.9 Å². The molecule has 154 valence electrons. The topological polar surface area (TPSA) is 105 Å². The molecule has 0 aliphatic carbocycles. The monoisotopic (exact) mass is 417 g/mol. The average molecular weight is 417 g/mol. The zero-order chi connectivity index (χ0) is 22.0. The fourth-order valence-corrected chi connectivity index (χ4v) is 3.04. The first-order chi connectivity index (χ1) is 15.0. The number of para-hydroxylation sites is 1. The molecule has 0 amide bonds. The van der Waals surface area contributed by atoms with E-state index in [1.807, 2.05) is 12.1 Å².